The van der Waals surface area contributed by atoms with Crippen LogP contribution in [0.15, 0.2) is 48.5 Å². The van der Waals surface area contributed by atoms with Gasteiger partial charge in [-0.05, 0) is 35.1 Å². The zero-order chi connectivity index (χ0) is 15.3. The van der Waals surface area contributed by atoms with Crippen molar-refractivity contribution in [2.24, 2.45) is 0 Å². The standard InChI is InChI=1S/C20H22O/c1-19(2,3)15-9-10-18(21)17(13-15)20(4)12-11-14-7-5-6-8-16(14)20/h5-13,21H,1-4H3. The van der Waals surface area contributed by atoms with Gasteiger partial charge in [0.1, 0.15) is 5.75 Å². The second kappa shape index (κ2) is 4.49. The Morgan fingerprint density at radius 1 is 0.952 bits per heavy atom. The lowest BCUT2D eigenvalue weighted by Gasteiger charge is -2.28. The molecule has 0 heterocycles. The number of allylic oxidation sites excluding steroid dienone is 1. The third-order valence-electron chi connectivity index (χ3n) is 4.54. The van der Waals surface area contributed by atoms with E-state index >= 15 is 0 Å². The summed E-state index contributed by atoms with van der Waals surface area (Å²) in [6.07, 6.45) is 4.34. The fraction of sp³-hybridized carbons (Fsp3) is 0.300. The Kier molecular flexibility index (Phi) is 2.98. The van der Waals surface area contributed by atoms with Crippen molar-refractivity contribution < 1.29 is 5.11 Å². The molecular formula is C20H22O. The molecule has 1 heteroatoms. The first-order valence-corrected chi connectivity index (χ1v) is 7.45. The van der Waals surface area contributed by atoms with E-state index in [0.29, 0.717) is 5.75 Å². The lowest BCUT2D eigenvalue weighted by atomic mass is 9.75. The Balaban J connectivity index is 2.20. The summed E-state index contributed by atoms with van der Waals surface area (Å²) in [6, 6.07) is 14.4. The fourth-order valence-corrected chi connectivity index (χ4v) is 3.11. The smallest absolute Gasteiger partial charge is 0.120 e. The molecule has 0 aliphatic heterocycles. The minimum Gasteiger partial charge on any atom is -0.508 e. The van der Waals surface area contributed by atoms with Crippen LogP contribution in [0.1, 0.15) is 49.9 Å². The number of aromatic hydroxyl groups is 1. The van der Waals surface area contributed by atoms with Crippen molar-refractivity contribution in [2.45, 2.75) is 38.5 Å². The molecular weight excluding hydrogens is 256 g/mol. The quantitative estimate of drug-likeness (QED) is 0.776. The summed E-state index contributed by atoms with van der Waals surface area (Å²) in [5, 5.41) is 10.4. The third-order valence-corrected chi connectivity index (χ3v) is 4.54. The predicted molar refractivity (Wildman–Crippen MR) is 88.7 cm³/mol. The second-order valence-corrected chi connectivity index (χ2v) is 7.10. The van der Waals surface area contributed by atoms with Crippen molar-refractivity contribution >= 4 is 6.08 Å². The van der Waals surface area contributed by atoms with Crippen LogP contribution in [0.3, 0.4) is 0 Å². The highest BCUT2D eigenvalue weighted by atomic mass is 16.3. The van der Waals surface area contributed by atoms with Crippen LogP contribution >= 0.6 is 0 Å². The molecule has 0 saturated heterocycles. The maximum atomic E-state index is 10.4. The molecule has 0 spiro atoms. The zero-order valence-corrected chi connectivity index (χ0v) is 13.1. The minimum atomic E-state index is -0.262. The van der Waals surface area contributed by atoms with E-state index in [9.17, 15) is 5.11 Å². The van der Waals surface area contributed by atoms with Gasteiger partial charge in [-0.2, -0.15) is 0 Å². The van der Waals surface area contributed by atoms with Crippen molar-refractivity contribution in [1.29, 1.82) is 0 Å². The summed E-state index contributed by atoms with van der Waals surface area (Å²) >= 11 is 0. The highest BCUT2D eigenvalue weighted by molar-refractivity contribution is 5.69. The average Bonchev–Trinajstić information content (AvgIpc) is 2.77. The first-order chi connectivity index (χ1) is 9.82. The molecule has 0 amide bonds. The van der Waals surface area contributed by atoms with Gasteiger partial charge in [0.2, 0.25) is 0 Å². The molecule has 0 fully saturated rings. The van der Waals surface area contributed by atoms with Crippen molar-refractivity contribution in [3.8, 4) is 5.75 Å². The molecule has 1 aliphatic carbocycles. The predicted octanol–water partition coefficient (Wildman–Crippen LogP) is 5.02. The summed E-state index contributed by atoms with van der Waals surface area (Å²) in [5.41, 5.74) is 4.53. The Bertz CT molecular complexity index is 719. The van der Waals surface area contributed by atoms with E-state index in [-0.39, 0.29) is 10.8 Å². The minimum absolute atomic E-state index is 0.0701. The normalized spacial score (nSPS) is 20.6. The van der Waals surface area contributed by atoms with Gasteiger partial charge in [-0.1, -0.05) is 69.3 Å². The lowest BCUT2D eigenvalue weighted by Crippen LogP contribution is -2.21. The van der Waals surface area contributed by atoms with E-state index in [1.165, 1.54) is 16.7 Å². The van der Waals surface area contributed by atoms with E-state index in [1.54, 1.807) is 0 Å². The van der Waals surface area contributed by atoms with Gasteiger partial charge in [-0.3, -0.25) is 0 Å². The molecule has 1 nitrogen and oxygen atoms in total. The van der Waals surface area contributed by atoms with E-state index in [1.807, 2.05) is 12.1 Å². The summed E-state index contributed by atoms with van der Waals surface area (Å²) in [5.74, 6) is 0.367. The van der Waals surface area contributed by atoms with Crippen LogP contribution in [-0.4, -0.2) is 5.11 Å². The second-order valence-electron chi connectivity index (χ2n) is 7.10. The van der Waals surface area contributed by atoms with Gasteiger partial charge >= 0.3 is 0 Å². The van der Waals surface area contributed by atoms with Gasteiger partial charge in [0.15, 0.2) is 0 Å². The molecule has 0 radical (unpaired) electrons. The number of hydrogen-bond donors (Lipinski definition) is 1. The molecule has 1 N–H and O–H groups in total. The van der Waals surface area contributed by atoms with Crippen LogP contribution in [-0.2, 0) is 10.8 Å². The fourth-order valence-electron chi connectivity index (χ4n) is 3.11. The summed E-state index contributed by atoms with van der Waals surface area (Å²) < 4.78 is 0. The summed E-state index contributed by atoms with van der Waals surface area (Å²) in [7, 11) is 0. The number of fused-ring (bicyclic) bond motifs is 1. The van der Waals surface area contributed by atoms with Crippen LogP contribution < -0.4 is 0 Å². The van der Waals surface area contributed by atoms with Gasteiger partial charge in [-0.25, -0.2) is 0 Å². The van der Waals surface area contributed by atoms with Crippen molar-refractivity contribution in [3.05, 3.63) is 70.8 Å². The largest absolute Gasteiger partial charge is 0.508 e. The highest BCUT2D eigenvalue weighted by Gasteiger charge is 2.34. The van der Waals surface area contributed by atoms with Gasteiger partial charge < -0.3 is 5.11 Å². The molecule has 1 atom stereocenters. The Labute approximate surface area is 127 Å². The number of benzene rings is 2. The first-order valence-electron chi connectivity index (χ1n) is 7.45. The van der Waals surface area contributed by atoms with Gasteiger partial charge in [-0.15, -0.1) is 0 Å². The van der Waals surface area contributed by atoms with Crippen LogP contribution in [0.5, 0.6) is 5.75 Å². The maximum absolute atomic E-state index is 10.4. The Hall–Kier alpha value is -2.02. The van der Waals surface area contributed by atoms with Gasteiger partial charge in [0.25, 0.3) is 0 Å². The first kappa shape index (κ1) is 13.9. The number of hydrogen-bond acceptors (Lipinski definition) is 1. The summed E-state index contributed by atoms with van der Waals surface area (Å²) in [6.45, 7) is 8.77. The third kappa shape index (κ3) is 2.17. The number of phenols is 1. The molecule has 21 heavy (non-hydrogen) atoms. The van der Waals surface area contributed by atoms with Gasteiger partial charge in [0, 0.05) is 11.0 Å². The Morgan fingerprint density at radius 2 is 1.67 bits per heavy atom. The number of rotatable bonds is 1. The lowest BCUT2D eigenvalue weighted by molar-refractivity contribution is 0.458. The van der Waals surface area contributed by atoms with Crippen LogP contribution in [0.2, 0.25) is 0 Å². The molecule has 0 aromatic heterocycles. The molecule has 0 bridgehead atoms. The molecule has 2 aromatic rings. The van der Waals surface area contributed by atoms with Crippen LogP contribution in [0, 0.1) is 0 Å². The monoisotopic (exact) mass is 278 g/mol. The van der Waals surface area contributed by atoms with Crippen molar-refractivity contribution in [3.63, 3.8) is 0 Å². The van der Waals surface area contributed by atoms with E-state index in [2.05, 4.69) is 70.2 Å². The van der Waals surface area contributed by atoms with Crippen LogP contribution in [0.25, 0.3) is 6.08 Å². The Morgan fingerprint density at radius 3 is 2.38 bits per heavy atom. The highest BCUT2D eigenvalue weighted by Crippen LogP contribution is 2.45. The van der Waals surface area contributed by atoms with Crippen molar-refractivity contribution in [1.82, 2.24) is 0 Å². The van der Waals surface area contributed by atoms with Crippen molar-refractivity contribution in [2.75, 3.05) is 0 Å². The van der Waals surface area contributed by atoms with E-state index in [4.69, 9.17) is 0 Å². The molecule has 0 saturated carbocycles. The molecule has 3 rings (SSSR count). The molecule has 1 aliphatic rings. The van der Waals surface area contributed by atoms with E-state index < -0.39 is 0 Å². The van der Waals surface area contributed by atoms with Gasteiger partial charge in [0.05, 0.1) is 0 Å². The number of phenolic OH excluding ortho intramolecular Hbond substituents is 1. The van der Waals surface area contributed by atoms with Crippen LogP contribution in [0.4, 0.5) is 0 Å². The zero-order valence-electron chi connectivity index (χ0n) is 13.1. The average molecular weight is 278 g/mol. The molecule has 1 unspecified atom stereocenters. The van der Waals surface area contributed by atoms with E-state index in [0.717, 1.165) is 5.56 Å². The molecule has 2 aromatic carbocycles. The molecule has 108 valence electrons. The maximum Gasteiger partial charge on any atom is 0.120 e. The topological polar surface area (TPSA) is 20.2 Å². The SMILES string of the molecule is CC(C)(C)c1ccc(O)c(C2(C)C=Cc3ccccc32)c1. The summed E-state index contributed by atoms with van der Waals surface area (Å²) in [4.78, 5) is 0.